The van der Waals surface area contributed by atoms with Crippen LogP contribution in [-0.4, -0.2) is 12.1 Å². The highest BCUT2D eigenvalue weighted by Gasteiger charge is 2.09. The molecule has 0 saturated carbocycles. The van der Waals surface area contributed by atoms with Gasteiger partial charge in [-0.3, -0.25) is 0 Å². The second-order valence-corrected chi connectivity index (χ2v) is 5.08. The van der Waals surface area contributed by atoms with Crippen LogP contribution in [0, 0.1) is 0 Å². The fourth-order valence-corrected chi connectivity index (χ4v) is 1.28. The van der Waals surface area contributed by atoms with Gasteiger partial charge in [0.1, 0.15) is 12.4 Å². The SMILES string of the molecule is CCCOCc1cc(CNC(C)(C)C)co1. The Bertz CT molecular complexity index is 299. The molecule has 0 unspecified atom stereocenters. The van der Waals surface area contributed by atoms with E-state index in [1.165, 1.54) is 5.56 Å². The van der Waals surface area contributed by atoms with Gasteiger partial charge in [0.05, 0.1) is 6.26 Å². The van der Waals surface area contributed by atoms with Gasteiger partial charge in [-0.1, -0.05) is 6.92 Å². The first-order valence-corrected chi connectivity index (χ1v) is 5.90. The van der Waals surface area contributed by atoms with Gasteiger partial charge in [-0.2, -0.15) is 0 Å². The maximum atomic E-state index is 5.41. The molecule has 0 saturated heterocycles. The molecule has 1 heterocycles. The van der Waals surface area contributed by atoms with Crippen LogP contribution < -0.4 is 5.32 Å². The van der Waals surface area contributed by atoms with Crippen LogP contribution in [-0.2, 0) is 17.9 Å². The molecule has 0 aliphatic heterocycles. The molecule has 1 aromatic heterocycles. The van der Waals surface area contributed by atoms with Crippen LogP contribution in [0.25, 0.3) is 0 Å². The molecule has 1 N–H and O–H groups in total. The van der Waals surface area contributed by atoms with E-state index in [1.54, 1.807) is 6.26 Å². The fourth-order valence-electron chi connectivity index (χ4n) is 1.28. The largest absolute Gasteiger partial charge is 0.467 e. The van der Waals surface area contributed by atoms with Gasteiger partial charge in [-0.15, -0.1) is 0 Å². The molecule has 0 spiro atoms. The van der Waals surface area contributed by atoms with E-state index in [-0.39, 0.29) is 5.54 Å². The van der Waals surface area contributed by atoms with Crippen LogP contribution in [0.3, 0.4) is 0 Å². The average molecular weight is 225 g/mol. The zero-order chi connectivity index (χ0) is 12.0. The summed E-state index contributed by atoms with van der Waals surface area (Å²) in [7, 11) is 0. The zero-order valence-electron chi connectivity index (χ0n) is 10.8. The first-order valence-electron chi connectivity index (χ1n) is 5.90. The molecule has 0 amide bonds. The topological polar surface area (TPSA) is 34.4 Å². The highest BCUT2D eigenvalue weighted by Crippen LogP contribution is 2.10. The number of hydrogen-bond donors (Lipinski definition) is 1. The Labute approximate surface area is 98.2 Å². The Hall–Kier alpha value is -0.800. The third kappa shape index (κ3) is 5.33. The van der Waals surface area contributed by atoms with E-state index in [2.05, 4.69) is 39.1 Å². The molecule has 1 rings (SSSR count). The molecule has 16 heavy (non-hydrogen) atoms. The fraction of sp³-hybridized carbons (Fsp3) is 0.692. The monoisotopic (exact) mass is 225 g/mol. The van der Waals surface area contributed by atoms with Crippen LogP contribution in [0.4, 0.5) is 0 Å². The molecule has 0 bridgehead atoms. The number of ether oxygens (including phenoxy) is 1. The molecule has 1 aromatic rings. The first-order chi connectivity index (χ1) is 7.51. The van der Waals surface area contributed by atoms with Crippen molar-refractivity contribution in [3.8, 4) is 0 Å². The van der Waals surface area contributed by atoms with Crippen molar-refractivity contribution in [1.82, 2.24) is 5.32 Å². The lowest BCUT2D eigenvalue weighted by atomic mass is 10.1. The Morgan fingerprint density at radius 3 is 2.75 bits per heavy atom. The Kier molecular flexibility index (Phi) is 5.03. The maximum Gasteiger partial charge on any atom is 0.129 e. The highest BCUT2D eigenvalue weighted by atomic mass is 16.5. The minimum atomic E-state index is 0.135. The third-order valence-corrected chi connectivity index (χ3v) is 2.12. The van der Waals surface area contributed by atoms with E-state index in [1.807, 2.05) is 0 Å². The third-order valence-electron chi connectivity index (χ3n) is 2.12. The lowest BCUT2D eigenvalue weighted by molar-refractivity contribution is 0.107. The number of rotatable bonds is 6. The van der Waals surface area contributed by atoms with Crippen molar-refractivity contribution in [1.29, 1.82) is 0 Å². The molecule has 0 aliphatic rings. The molecule has 0 atom stereocenters. The summed E-state index contributed by atoms with van der Waals surface area (Å²) in [5, 5.41) is 3.42. The number of furan rings is 1. The van der Waals surface area contributed by atoms with Gasteiger partial charge in [0.25, 0.3) is 0 Å². The van der Waals surface area contributed by atoms with Crippen molar-refractivity contribution in [2.75, 3.05) is 6.61 Å². The predicted octanol–water partition coefficient (Wildman–Crippen LogP) is 3.09. The van der Waals surface area contributed by atoms with Crippen molar-refractivity contribution in [3.63, 3.8) is 0 Å². The molecule has 3 heteroatoms. The summed E-state index contributed by atoms with van der Waals surface area (Å²) in [6.07, 6.45) is 2.84. The van der Waals surface area contributed by atoms with Gasteiger partial charge in [0, 0.05) is 24.3 Å². The smallest absolute Gasteiger partial charge is 0.129 e. The summed E-state index contributed by atoms with van der Waals surface area (Å²) < 4.78 is 10.8. The quantitative estimate of drug-likeness (QED) is 0.755. The minimum absolute atomic E-state index is 0.135. The molecule has 0 radical (unpaired) electrons. The first kappa shape index (κ1) is 13.3. The van der Waals surface area contributed by atoms with Crippen molar-refractivity contribution < 1.29 is 9.15 Å². The lowest BCUT2D eigenvalue weighted by Gasteiger charge is -2.19. The van der Waals surface area contributed by atoms with Crippen LogP contribution in [0.1, 0.15) is 45.4 Å². The standard InChI is InChI=1S/C13H23NO2/c1-5-6-15-10-12-7-11(9-16-12)8-14-13(2,3)4/h7,9,14H,5-6,8,10H2,1-4H3. The number of nitrogens with one attached hydrogen (secondary N) is 1. The summed E-state index contributed by atoms with van der Waals surface area (Å²) in [5.41, 5.74) is 1.31. The number of hydrogen-bond acceptors (Lipinski definition) is 3. The second kappa shape index (κ2) is 6.06. The van der Waals surface area contributed by atoms with Crippen molar-refractivity contribution in [2.45, 2.75) is 52.8 Å². The van der Waals surface area contributed by atoms with Gasteiger partial charge in [-0.05, 0) is 33.3 Å². The zero-order valence-corrected chi connectivity index (χ0v) is 10.8. The van der Waals surface area contributed by atoms with Crippen molar-refractivity contribution in [2.24, 2.45) is 0 Å². The Balaban J connectivity index is 2.33. The highest BCUT2D eigenvalue weighted by molar-refractivity contribution is 5.12. The van der Waals surface area contributed by atoms with Gasteiger partial charge >= 0.3 is 0 Å². The van der Waals surface area contributed by atoms with Crippen molar-refractivity contribution >= 4 is 0 Å². The van der Waals surface area contributed by atoms with E-state index < -0.39 is 0 Å². The van der Waals surface area contributed by atoms with E-state index in [4.69, 9.17) is 9.15 Å². The Morgan fingerprint density at radius 2 is 2.12 bits per heavy atom. The average Bonchev–Trinajstić information content (AvgIpc) is 2.62. The van der Waals surface area contributed by atoms with E-state index in [9.17, 15) is 0 Å². The normalized spacial score (nSPS) is 12.0. The van der Waals surface area contributed by atoms with Crippen LogP contribution in [0.15, 0.2) is 16.7 Å². The lowest BCUT2D eigenvalue weighted by Crippen LogP contribution is -2.34. The van der Waals surface area contributed by atoms with Crippen LogP contribution in [0.5, 0.6) is 0 Å². The molecule has 3 nitrogen and oxygen atoms in total. The summed E-state index contributed by atoms with van der Waals surface area (Å²) in [6, 6.07) is 2.05. The molecule has 0 fully saturated rings. The molecule has 0 aromatic carbocycles. The minimum Gasteiger partial charge on any atom is -0.467 e. The van der Waals surface area contributed by atoms with Crippen molar-refractivity contribution in [3.05, 3.63) is 23.7 Å². The van der Waals surface area contributed by atoms with E-state index in [0.717, 1.165) is 25.3 Å². The predicted molar refractivity (Wildman–Crippen MR) is 65.2 cm³/mol. The second-order valence-electron chi connectivity index (χ2n) is 5.08. The molecule has 0 aliphatic carbocycles. The van der Waals surface area contributed by atoms with Gasteiger partial charge in [0.2, 0.25) is 0 Å². The van der Waals surface area contributed by atoms with E-state index in [0.29, 0.717) is 6.61 Å². The van der Waals surface area contributed by atoms with E-state index >= 15 is 0 Å². The molecular weight excluding hydrogens is 202 g/mol. The van der Waals surface area contributed by atoms with Gasteiger partial charge in [-0.25, -0.2) is 0 Å². The summed E-state index contributed by atoms with van der Waals surface area (Å²) in [4.78, 5) is 0. The molecular formula is C13H23NO2. The van der Waals surface area contributed by atoms with Crippen LogP contribution >= 0.6 is 0 Å². The summed E-state index contributed by atoms with van der Waals surface area (Å²) >= 11 is 0. The maximum absolute atomic E-state index is 5.41. The summed E-state index contributed by atoms with van der Waals surface area (Å²) in [5.74, 6) is 0.902. The Morgan fingerprint density at radius 1 is 1.38 bits per heavy atom. The van der Waals surface area contributed by atoms with Gasteiger partial charge in [0.15, 0.2) is 0 Å². The molecule has 92 valence electrons. The van der Waals surface area contributed by atoms with Gasteiger partial charge < -0.3 is 14.5 Å². The van der Waals surface area contributed by atoms with Crippen LogP contribution in [0.2, 0.25) is 0 Å². The summed E-state index contributed by atoms with van der Waals surface area (Å²) in [6.45, 7) is 10.7.